The second kappa shape index (κ2) is 5.15. The maximum atomic E-state index is 9.24. The predicted molar refractivity (Wildman–Crippen MR) is 72.9 cm³/mol. The summed E-state index contributed by atoms with van der Waals surface area (Å²) in [5.41, 5.74) is 2.58. The molecule has 0 aliphatic rings. The van der Waals surface area contributed by atoms with Gasteiger partial charge in [0.25, 0.3) is 0 Å². The number of nitriles is 1. The van der Waals surface area contributed by atoms with Gasteiger partial charge < -0.3 is 0 Å². The molecule has 0 unspecified atom stereocenters. The molecule has 0 spiro atoms. The summed E-state index contributed by atoms with van der Waals surface area (Å²) in [6.45, 7) is 4.11. The monoisotopic (exact) mass is 258 g/mol. The highest BCUT2D eigenvalue weighted by Gasteiger charge is 2.10. The van der Waals surface area contributed by atoms with Crippen LogP contribution in [0.15, 0.2) is 12.4 Å². The zero-order valence-electron chi connectivity index (χ0n) is 10.6. The van der Waals surface area contributed by atoms with Crippen LogP contribution in [0.2, 0.25) is 0 Å². The van der Waals surface area contributed by atoms with E-state index in [0.29, 0.717) is 5.57 Å². The van der Waals surface area contributed by atoms with Crippen molar-refractivity contribution in [3.8, 4) is 6.07 Å². The van der Waals surface area contributed by atoms with Gasteiger partial charge in [-0.15, -0.1) is 11.3 Å². The normalized spacial score (nSPS) is 11.6. The van der Waals surface area contributed by atoms with Gasteiger partial charge in [0, 0.05) is 23.7 Å². The molecule has 0 bridgehead atoms. The Hall–Kier alpha value is -1.93. The topological polar surface area (TPSA) is 54.5 Å². The minimum absolute atomic E-state index is 0.593. The lowest BCUT2D eigenvalue weighted by Gasteiger charge is -1.91. The van der Waals surface area contributed by atoms with E-state index in [2.05, 4.69) is 23.1 Å². The fraction of sp³-hybridized carbons (Fsp3) is 0.308. The molecular formula is C13H14N4S. The van der Waals surface area contributed by atoms with Crippen molar-refractivity contribution in [1.82, 2.24) is 14.8 Å². The zero-order chi connectivity index (χ0) is 13.1. The maximum absolute atomic E-state index is 9.24. The minimum Gasteiger partial charge on any atom is -0.275 e. The zero-order valence-corrected chi connectivity index (χ0v) is 11.5. The smallest absolute Gasteiger partial charge is 0.134 e. The molecule has 0 fully saturated rings. The largest absolute Gasteiger partial charge is 0.275 e. The van der Waals surface area contributed by atoms with Gasteiger partial charge in [-0.3, -0.25) is 4.68 Å². The number of thiazole rings is 1. The molecule has 92 valence electrons. The number of aryl methyl sites for hydroxylation is 3. The van der Waals surface area contributed by atoms with Gasteiger partial charge in [0.05, 0.1) is 17.5 Å². The summed E-state index contributed by atoms with van der Waals surface area (Å²) in [6, 6.07) is 2.21. The van der Waals surface area contributed by atoms with Crippen molar-refractivity contribution < 1.29 is 0 Å². The molecule has 0 aromatic carbocycles. The fourth-order valence-electron chi connectivity index (χ4n) is 1.69. The molecule has 0 radical (unpaired) electrons. The molecule has 4 nitrogen and oxygen atoms in total. The van der Waals surface area contributed by atoms with Crippen molar-refractivity contribution in [1.29, 1.82) is 5.26 Å². The van der Waals surface area contributed by atoms with E-state index < -0.39 is 0 Å². The summed E-state index contributed by atoms with van der Waals surface area (Å²) >= 11 is 1.57. The van der Waals surface area contributed by atoms with Crippen LogP contribution in [0.3, 0.4) is 0 Å². The van der Waals surface area contributed by atoms with E-state index >= 15 is 0 Å². The summed E-state index contributed by atoms with van der Waals surface area (Å²) in [6.07, 6.45) is 6.33. The Kier molecular flexibility index (Phi) is 3.58. The summed E-state index contributed by atoms with van der Waals surface area (Å²) < 4.78 is 1.71. The van der Waals surface area contributed by atoms with E-state index in [1.807, 2.05) is 26.2 Å². The van der Waals surface area contributed by atoms with Crippen molar-refractivity contribution in [3.63, 3.8) is 0 Å². The molecule has 2 rings (SSSR count). The first-order chi connectivity index (χ1) is 8.63. The minimum atomic E-state index is 0.593. The van der Waals surface area contributed by atoms with Crippen LogP contribution in [0, 0.1) is 18.3 Å². The molecule has 18 heavy (non-hydrogen) atoms. The highest BCUT2D eigenvalue weighted by molar-refractivity contribution is 7.12. The van der Waals surface area contributed by atoms with Gasteiger partial charge in [-0.2, -0.15) is 10.4 Å². The van der Waals surface area contributed by atoms with Gasteiger partial charge >= 0.3 is 0 Å². The number of hydrogen-bond acceptors (Lipinski definition) is 4. The summed E-state index contributed by atoms with van der Waals surface area (Å²) in [4.78, 5) is 5.68. The van der Waals surface area contributed by atoms with Crippen LogP contribution in [0.5, 0.6) is 0 Å². The molecular weight excluding hydrogens is 244 g/mol. The van der Waals surface area contributed by atoms with Crippen molar-refractivity contribution in [3.05, 3.63) is 33.5 Å². The lowest BCUT2D eigenvalue weighted by atomic mass is 10.2. The highest BCUT2D eigenvalue weighted by Crippen LogP contribution is 2.25. The second-order valence-corrected chi connectivity index (χ2v) is 5.20. The average molecular weight is 258 g/mol. The Morgan fingerprint density at radius 3 is 2.89 bits per heavy atom. The van der Waals surface area contributed by atoms with Crippen LogP contribution >= 0.6 is 11.3 Å². The van der Waals surface area contributed by atoms with Gasteiger partial charge in [-0.05, 0) is 19.4 Å². The Morgan fingerprint density at radius 1 is 1.61 bits per heavy atom. The Bertz CT molecular complexity index is 628. The molecule has 5 heteroatoms. The molecule has 0 aliphatic heterocycles. The second-order valence-electron chi connectivity index (χ2n) is 3.99. The lowest BCUT2D eigenvalue weighted by Crippen LogP contribution is -1.85. The first kappa shape index (κ1) is 12.5. The SMILES string of the molecule is CCc1nc(C(C#N)=Cc2cnn(C)c2)sc1C. The van der Waals surface area contributed by atoms with E-state index in [1.165, 1.54) is 4.88 Å². The lowest BCUT2D eigenvalue weighted by molar-refractivity contribution is 0.767. The van der Waals surface area contributed by atoms with Crippen molar-refractivity contribution in [2.45, 2.75) is 20.3 Å². The Morgan fingerprint density at radius 2 is 2.39 bits per heavy atom. The molecule has 0 amide bonds. The molecule has 2 heterocycles. The predicted octanol–water partition coefficient (Wildman–Crippen LogP) is 2.81. The third-order valence-corrected chi connectivity index (χ3v) is 3.66. The summed E-state index contributed by atoms with van der Waals surface area (Å²) in [5, 5.41) is 14.1. The van der Waals surface area contributed by atoms with Crippen molar-refractivity contribution in [2.24, 2.45) is 7.05 Å². The van der Waals surface area contributed by atoms with Crippen LogP contribution in [-0.2, 0) is 13.5 Å². The molecule has 0 aliphatic carbocycles. The number of rotatable bonds is 3. The van der Waals surface area contributed by atoms with E-state index in [9.17, 15) is 5.26 Å². The molecule has 0 N–H and O–H groups in total. The van der Waals surface area contributed by atoms with Gasteiger partial charge in [0.2, 0.25) is 0 Å². The van der Waals surface area contributed by atoms with Crippen LogP contribution in [0.25, 0.3) is 11.6 Å². The number of aromatic nitrogens is 3. The first-order valence-corrected chi connectivity index (χ1v) is 6.52. The number of allylic oxidation sites excluding steroid dienone is 1. The molecule has 2 aromatic rings. The molecule has 0 saturated heterocycles. The van der Waals surface area contributed by atoms with Crippen LogP contribution in [0.4, 0.5) is 0 Å². The van der Waals surface area contributed by atoms with Crippen LogP contribution in [0.1, 0.15) is 28.1 Å². The van der Waals surface area contributed by atoms with E-state index in [1.54, 1.807) is 22.2 Å². The van der Waals surface area contributed by atoms with E-state index in [-0.39, 0.29) is 0 Å². The van der Waals surface area contributed by atoms with Crippen molar-refractivity contribution >= 4 is 23.0 Å². The van der Waals surface area contributed by atoms with Gasteiger partial charge in [0.1, 0.15) is 11.1 Å². The molecule has 0 atom stereocenters. The average Bonchev–Trinajstić information content (AvgIpc) is 2.92. The van der Waals surface area contributed by atoms with Crippen LogP contribution in [-0.4, -0.2) is 14.8 Å². The van der Waals surface area contributed by atoms with Gasteiger partial charge in [-0.1, -0.05) is 6.92 Å². The van der Waals surface area contributed by atoms with Gasteiger partial charge in [-0.25, -0.2) is 4.98 Å². The third kappa shape index (κ3) is 2.49. The molecule has 2 aromatic heterocycles. The number of hydrogen-bond donors (Lipinski definition) is 0. The van der Waals surface area contributed by atoms with Crippen LogP contribution < -0.4 is 0 Å². The molecule has 0 saturated carbocycles. The highest BCUT2D eigenvalue weighted by atomic mass is 32.1. The maximum Gasteiger partial charge on any atom is 0.134 e. The van der Waals surface area contributed by atoms with E-state index in [0.717, 1.165) is 22.7 Å². The Labute approximate surface area is 110 Å². The summed E-state index contributed by atoms with van der Waals surface area (Å²) in [5.74, 6) is 0. The van der Waals surface area contributed by atoms with E-state index in [4.69, 9.17) is 0 Å². The summed E-state index contributed by atoms with van der Waals surface area (Å²) in [7, 11) is 1.85. The van der Waals surface area contributed by atoms with Gasteiger partial charge in [0.15, 0.2) is 0 Å². The Balaban J connectivity index is 2.39. The first-order valence-electron chi connectivity index (χ1n) is 5.71. The standard InChI is InChI=1S/C13H14N4S/c1-4-12-9(2)18-13(16-12)11(6-14)5-10-7-15-17(3)8-10/h5,7-8H,4H2,1-3H3. The van der Waals surface area contributed by atoms with Crippen molar-refractivity contribution in [2.75, 3.05) is 0 Å². The fourth-order valence-corrected chi connectivity index (χ4v) is 2.66. The quantitative estimate of drug-likeness (QED) is 0.795. The third-order valence-electron chi connectivity index (χ3n) is 2.61. The number of nitrogens with zero attached hydrogens (tertiary/aromatic N) is 4.